The van der Waals surface area contributed by atoms with Crippen molar-refractivity contribution in [3.8, 4) is 10.4 Å². The molecule has 0 aliphatic carbocycles. The molecule has 1 aromatic carbocycles. The molecular weight excluding hydrogens is 496 g/mol. The van der Waals surface area contributed by atoms with Gasteiger partial charge < -0.3 is 10.2 Å². The zero-order valence-corrected chi connectivity index (χ0v) is 21.0. The topological polar surface area (TPSA) is 95.6 Å². The van der Waals surface area contributed by atoms with E-state index in [0.717, 1.165) is 4.88 Å². The number of amides is 2. The van der Waals surface area contributed by atoms with Crippen LogP contribution in [0.3, 0.4) is 0 Å². The van der Waals surface area contributed by atoms with Crippen molar-refractivity contribution in [2.24, 2.45) is 0 Å². The van der Waals surface area contributed by atoms with E-state index in [2.05, 4.69) is 17.0 Å². The third-order valence-electron chi connectivity index (χ3n) is 5.72. The molecule has 1 aliphatic heterocycles. The maximum Gasteiger partial charge on any atom is 0.269 e. The highest BCUT2D eigenvalue weighted by Gasteiger charge is 2.32. The Labute approximate surface area is 208 Å². The zero-order chi connectivity index (χ0) is 25.6. The van der Waals surface area contributed by atoms with Gasteiger partial charge in [-0.1, -0.05) is 38.5 Å². The average Bonchev–Trinajstić information content (AvgIpc) is 3.38. The second-order valence-corrected chi connectivity index (χ2v) is 10.7. The molecule has 1 aromatic heterocycles. The quantitative estimate of drug-likeness (QED) is 0.493. The Hall–Kier alpha value is -2.63. The van der Waals surface area contributed by atoms with E-state index in [1.165, 1.54) is 22.3 Å². The smallest absolute Gasteiger partial charge is 0.269 e. The van der Waals surface area contributed by atoms with Crippen molar-refractivity contribution in [1.82, 2.24) is 9.62 Å². The van der Waals surface area contributed by atoms with Gasteiger partial charge in [0.1, 0.15) is 10.9 Å². The highest BCUT2D eigenvalue weighted by molar-refractivity contribution is 7.89. The predicted octanol–water partition coefficient (Wildman–Crippen LogP) is 4.80. The lowest BCUT2D eigenvalue weighted by Crippen LogP contribution is -2.50. The lowest BCUT2D eigenvalue weighted by molar-refractivity contribution is -0.133. The average molecular weight is 525 g/mol. The van der Waals surface area contributed by atoms with Crippen LogP contribution in [0.1, 0.15) is 39.0 Å². The number of carbonyl (C=O) groups is 2. The summed E-state index contributed by atoms with van der Waals surface area (Å²) in [5.41, 5.74) is 0.708. The van der Waals surface area contributed by atoms with Crippen molar-refractivity contribution in [3.63, 3.8) is 0 Å². The highest BCUT2D eigenvalue weighted by Crippen LogP contribution is 2.36. The molecule has 2 N–H and O–H groups in total. The van der Waals surface area contributed by atoms with Crippen molar-refractivity contribution in [2.45, 2.75) is 50.0 Å². The number of piperidine rings is 1. The van der Waals surface area contributed by atoms with E-state index in [0.29, 0.717) is 5.56 Å². The zero-order valence-electron chi connectivity index (χ0n) is 19.4. The number of rotatable bonds is 9. The molecule has 0 bridgehead atoms. The first-order valence-corrected chi connectivity index (χ1v) is 13.6. The fourth-order valence-corrected chi connectivity index (χ4v) is 6.01. The van der Waals surface area contributed by atoms with Crippen molar-refractivity contribution >= 4 is 38.9 Å². The lowest BCUT2D eigenvalue weighted by Gasteiger charge is -2.31. The van der Waals surface area contributed by atoms with E-state index in [1.54, 1.807) is 19.1 Å². The molecule has 1 saturated heterocycles. The van der Waals surface area contributed by atoms with Gasteiger partial charge >= 0.3 is 0 Å². The lowest BCUT2D eigenvalue weighted by atomic mass is 10.0. The van der Waals surface area contributed by atoms with E-state index in [4.69, 9.17) is 0 Å². The second kappa shape index (κ2) is 11.9. The molecular formula is C24H28F2N3O4S2. The van der Waals surface area contributed by atoms with E-state index in [9.17, 15) is 26.8 Å². The monoisotopic (exact) mass is 524 g/mol. The molecule has 1 fully saturated rings. The second-order valence-electron chi connectivity index (χ2n) is 8.06. The molecule has 3 rings (SSSR count). The number of nitrogens with one attached hydrogen (secondary N) is 2. The van der Waals surface area contributed by atoms with Crippen molar-refractivity contribution in [1.29, 1.82) is 0 Å². The van der Waals surface area contributed by atoms with Crippen LogP contribution in [0.2, 0.25) is 0 Å². The number of sulfonamides is 1. The Morgan fingerprint density at radius 1 is 1.17 bits per heavy atom. The van der Waals surface area contributed by atoms with Gasteiger partial charge in [-0.25, -0.2) is 8.42 Å². The van der Waals surface area contributed by atoms with Gasteiger partial charge in [0.15, 0.2) is 0 Å². The van der Waals surface area contributed by atoms with E-state index in [1.807, 2.05) is 17.5 Å². The van der Waals surface area contributed by atoms with E-state index in [-0.39, 0.29) is 67.3 Å². The number of hydrogen-bond acceptors (Lipinski definition) is 5. The van der Waals surface area contributed by atoms with Crippen molar-refractivity contribution in [2.75, 3.05) is 18.4 Å². The summed E-state index contributed by atoms with van der Waals surface area (Å²) in [5.74, 6) is -0.836. The van der Waals surface area contributed by atoms with Crippen molar-refractivity contribution < 1.29 is 26.8 Å². The number of thiophene rings is 1. The maximum absolute atomic E-state index is 13.5. The van der Waals surface area contributed by atoms with Gasteiger partial charge in [0, 0.05) is 30.0 Å². The van der Waals surface area contributed by atoms with Gasteiger partial charge in [-0.3, -0.25) is 9.59 Å². The van der Waals surface area contributed by atoms with Crippen LogP contribution < -0.4 is 10.0 Å². The molecule has 1 radical (unpaired) electrons. The summed E-state index contributed by atoms with van der Waals surface area (Å²) < 4.78 is 55.2. The largest absolute Gasteiger partial charge is 0.341 e. The van der Waals surface area contributed by atoms with Crippen LogP contribution in [0.15, 0.2) is 52.3 Å². The first kappa shape index (κ1) is 27.0. The molecule has 0 spiro atoms. The fourth-order valence-electron chi connectivity index (χ4n) is 3.84. The molecule has 1 atom stereocenters. The molecule has 7 nitrogen and oxygen atoms in total. The summed E-state index contributed by atoms with van der Waals surface area (Å²) in [6, 6.07) is 7.20. The van der Waals surface area contributed by atoms with Crippen LogP contribution >= 0.6 is 11.3 Å². The summed E-state index contributed by atoms with van der Waals surface area (Å²) in [4.78, 5) is 27.4. The van der Waals surface area contributed by atoms with Gasteiger partial charge in [-0.2, -0.15) is 13.5 Å². The minimum absolute atomic E-state index is 0.0186. The number of carbonyl (C=O) groups excluding carboxylic acids is 2. The predicted molar refractivity (Wildman–Crippen MR) is 132 cm³/mol. The molecule has 1 aliphatic rings. The van der Waals surface area contributed by atoms with Gasteiger partial charge in [-0.15, -0.1) is 11.3 Å². The van der Waals surface area contributed by atoms with E-state index < -0.39 is 28.1 Å². The Kier molecular flexibility index (Phi) is 9.15. The van der Waals surface area contributed by atoms with Gasteiger partial charge in [0.05, 0.1) is 5.69 Å². The first-order valence-electron chi connectivity index (χ1n) is 11.3. The Balaban J connectivity index is 1.92. The molecule has 0 unspecified atom stereocenters. The Morgan fingerprint density at radius 3 is 2.46 bits per heavy atom. The van der Waals surface area contributed by atoms with Crippen LogP contribution in [0, 0.1) is 6.92 Å². The fraction of sp³-hybridized carbons (Fsp3) is 0.375. The maximum atomic E-state index is 13.5. The minimum atomic E-state index is -4.25. The van der Waals surface area contributed by atoms with Crippen LogP contribution in [0.4, 0.5) is 14.5 Å². The van der Waals surface area contributed by atoms with Crippen LogP contribution in [-0.4, -0.2) is 44.3 Å². The number of para-hydroxylation sites is 1. The summed E-state index contributed by atoms with van der Waals surface area (Å²) >= 11 is 1.40. The van der Waals surface area contributed by atoms with E-state index >= 15 is 0 Å². The molecule has 189 valence electrons. The number of nitrogens with zero attached hydrogens (tertiary/aromatic N) is 1. The first-order chi connectivity index (χ1) is 16.7. The third-order valence-corrected chi connectivity index (χ3v) is 8.14. The molecule has 2 amide bonds. The number of halogens is 2. The van der Waals surface area contributed by atoms with Gasteiger partial charge in [-0.05, 0) is 42.3 Å². The standard InChI is InChI=1S/C24H28F2N3O4S2/c1-3-7-18(24(31)29-13-11-16(12-14-29)23(25)26)28-35(32,33)20-10-5-8-17(19-9-6-15-34-19)22(20)27-21(30)4-2/h5-6,8-10,15,18,28H,1,3-4,7,11-14H2,2H3,(H,27,30)/t18-/m0/s1. The number of likely N-dealkylation sites (tertiary alicyclic amines) is 1. The molecule has 2 aromatic rings. The summed E-state index contributed by atoms with van der Waals surface area (Å²) in [6.07, 6.45) is -1.05. The molecule has 0 saturated carbocycles. The number of anilines is 1. The summed E-state index contributed by atoms with van der Waals surface area (Å²) in [7, 11) is -4.25. The third kappa shape index (κ3) is 6.53. The van der Waals surface area contributed by atoms with Crippen LogP contribution in [0.25, 0.3) is 10.4 Å². The van der Waals surface area contributed by atoms with Crippen LogP contribution in [0.5, 0.6) is 0 Å². The molecule has 35 heavy (non-hydrogen) atoms. The Bertz CT molecular complexity index is 1180. The number of benzene rings is 1. The molecule has 11 heteroatoms. The minimum Gasteiger partial charge on any atom is -0.341 e. The highest BCUT2D eigenvalue weighted by atomic mass is 32.2. The summed E-state index contributed by atoms with van der Waals surface area (Å²) in [5, 5.41) is 4.55. The van der Waals surface area contributed by atoms with Gasteiger partial charge in [0.2, 0.25) is 21.8 Å². The number of hydrogen-bond donors (Lipinski definition) is 2. The summed E-state index contributed by atoms with van der Waals surface area (Å²) in [6.45, 7) is 5.58. The van der Waals surface area contributed by atoms with Crippen LogP contribution in [-0.2, 0) is 19.6 Å². The Morgan fingerprint density at radius 2 is 1.89 bits per heavy atom. The SMILES string of the molecule is [CH2]CC[C@H](NS(=O)(=O)c1cccc(-c2cccs2)c1NC(=O)CC)C(=O)N1CCC(=C(F)F)CC1. The normalized spacial score (nSPS) is 15.1. The van der Waals surface area contributed by atoms with Gasteiger partial charge in [0.25, 0.3) is 6.08 Å². The molecule has 2 heterocycles. The van der Waals surface area contributed by atoms with Crippen molar-refractivity contribution in [3.05, 3.63) is 54.3 Å².